The standard InChI is InChI=1S/C12H14O4S/c13-11(14)8(9-5-10(9)12(15)16)2-1-7-3-4-17-6-7/h3-4,6,8-10H,1-2,5H2,(H,13,14)(H,15,16). The number of rotatable bonds is 6. The summed E-state index contributed by atoms with van der Waals surface area (Å²) in [7, 11) is 0. The summed E-state index contributed by atoms with van der Waals surface area (Å²) in [4.78, 5) is 21.9. The SMILES string of the molecule is O=C(O)C(CCc1ccsc1)C1CC1C(=O)O. The van der Waals surface area contributed by atoms with E-state index in [4.69, 9.17) is 10.2 Å². The summed E-state index contributed by atoms with van der Waals surface area (Å²) in [5.74, 6) is -2.87. The molecule has 0 radical (unpaired) electrons. The fraction of sp³-hybridized carbons (Fsp3) is 0.500. The van der Waals surface area contributed by atoms with E-state index in [-0.39, 0.29) is 5.92 Å². The monoisotopic (exact) mass is 254 g/mol. The van der Waals surface area contributed by atoms with Gasteiger partial charge in [-0.3, -0.25) is 9.59 Å². The molecule has 3 unspecified atom stereocenters. The first-order valence-electron chi connectivity index (χ1n) is 5.56. The van der Waals surface area contributed by atoms with Crippen LogP contribution in [-0.2, 0) is 16.0 Å². The molecule has 3 atom stereocenters. The Balaban J connectivity index is 1.91. The predicted molar refractivity (Wildman–Crippen MR) is 63.0 cm³/mol. The molecule has 0 aromatic carbocycles. The van der Waals surface area contributed by atoms with Crippen LogP contribution in [0, 0.1) is 17.8 Å². The molecule has 0 aliphatic heterocycles. The van der Waals surface area contributed by atoms with Crippen LogP contribution in [0.5, 0.6) is 0 Å². The van der Waals surface area contributed by atoms with Crippen LogP contribution in [-0.4, -0.2) is 22.2 Å². The van der Waals surface area contributed by atoms with E-state index in [0.717, 1.165) is 5.56 Å². The molecule has 1 aromatic heterocycles. The van der Waals surface area contributed by atoms with Crippen LogP contribution < -0.4 is 0 Å². The van der Waals surface area contributed by atoms with Gasteiger partial charge in [-0.05, 0) is 47.6 Å². The topological polar surface area (TPSA) is 74.6 Å². The van der Waals surface area contributed by atoms with Crippen LogP contribution in [0.2, 0.25) is 0 Å². The van der Waals surface area contributed by atoms with E-state index < -0.39 is 23.8 Å². The van der Waals surface area contributed by atoms with Gasteiger partial charge in [-0.1, -0.05) is 0 Å². The van der Waals surface area contributed by atoms with E-state index in [1.165, 1.54) is 0 Å². The molecule has 2 rings (SSSR count). The second-order valence-corrected chi connectivity index (χ2v) is 5.24. The largest absolute Gasteiger partial charge is 0.481 e. The lowest BCUT2D eigenvalue weighted by molar-refractivity contribution is -0.143. The highest BCUT2D eigenvalue weighted by molar-refractivity contribution is 7.07. The molecule has 0 amide bonds. The zero-order chi connectivity index (χ0) is 12.4. The van der Waals surface area contributed by atoms with Crippen LogP contribution in [0.1, 0.15) is 18.4 Å². The number of carboxylic acids is 2. The van der Waals surface area contributed by atoms with E-state index >= 15 is 0 Å². The molecule has 4 nitrogen and oxygen atoms in total. The zero-order valence-electron chi connectivity index (χ0n) is 9.20. The molecule has 1 aromatic rings. The first-order valence-corrected chi connectivity index (χ1v) is 6.50. The Morgan fingerprint density at radius 3 is 2.71 bits per heavy atom. The van der Waals surface area contributed by atoms with Gasteiger partial charge in [0.1, 0.15) is 0 Å². The van der Waals surface area contributed by atoms with Crippen LogP contribution in [0.4, 0.5) is 0 Å². The molecule has 5 heteroatoms. The summed E-state index contributed by atoms with van der Waals surface area (Å²) in [6.45, 7) is 0. The fourth-order valence-corrected chi connectivity index (χ4v) is 2.92. The molecular formula is C12H14O4S. The van der Waals surface area contributed by atoms with Crippen molar-refractivity contribution in [3.05, 3.63) is 22.4 Å². The minimum Gasteiger partial charge on any atom is -0.481 e. The van der Waals surface area contributed by atoms with Crippen molar-refractivity contribution in [1.29, 1.82) is 0 Å². The maximum Gasteiger partial charge on any atom is 0.306 e. The summed E-state index contributed by atoms with van der Waals surface area (Å²) < 4.78 is 0. The minimum absolute atomic E-state index is 0.177. The first kappa shape index (κ1) is 12.1. The molecular weight excluding hydrogens is 240 g/mol. The Labute approximate surface area is 103 Å². The van der Waals surface area contributed by atoms with E-state index in [0.29, 0.717) is 19.3 Å². The summed E-state index contributed by atoms with van der Waals surface area (Å²) in [5.41, 5.74) is 1.13. The van der Waals surface area contributed by atoms with Crippen molar-refractivity contribution >= 4 is 23.3 Å². The second-order valence-electron chi connectivity index (χ2n) is 4.46. The molecule has 92 valence electrons. The number of aliphatic carboxylic acids is 2. The van der Waals surface area contributed by atoms with Gasteiger partial charge in [0.15, 0.2) is 0 Å². The van der Waals surface area contributed by atoms with Gasteiger partial charge in [-0.15, -0.1) is 0 Å². The van der Waals surface area contributed by atoms with Crippen molar-refractivity contribution in [2.75, 3.05) is 0 Å². The van der Waals surface area contributed by atoms with Gasteiger partial charge in [0.2, 0.25) is 0 Å². The van der Waals surface area contributed by atoms with Crippen molar-refractivity contribution in [3.8, 4) is 0 Å². The number of hydrogen-bond donors (Lipinski definition) is 2. The Bertz CT molecular complexity index is 412. The molecule has 1 fully saturated rings. The van der Waals surface area contributed by atoms with Crippen molar-refractivity contribution < 1.29 is 19.8 Å². The summed E-state index contributed by atoms with van der Waals surface area (Å²) in [5, 5.41) is 21.9. The number of carbonyl (C=O) groups is 2. The average Bonchev–Trinajstić information content (AvgIpc) is 2.86. The van der Waals surface area contributed by atoms with E-state index in [1.54, 1.807) is 11.3 Å². The van der Waals surface area contributed by atoms with Crippen molar-refractivity contribution in [2.24, 2.45) is 17.8 Å². The maximum atomic E-state index is 11.1. The maximum absolute atomic E-state index is 11.1. The highest BCUT2D eigenvalue weighted by atomic mass is 32.1. The molecule has 17 heavy (non-hydrogen) atoms. The van der Waals surface area contributed by atoms with Crippen LogP contribution in [0.25, 0.3) is 0 Å². The molecule has 1 heterocycles. The van der Waals surface area contributed by atoms with E-state index in [2.05, 4.69) is 0 Å². The van der Waals surface area contributed by atoms with Crippen LogP contribution in [0.15, 0.2) is 16.8 Å². The molecule has 2 N–H and O–H groups in total. The summed E-state index contributed by atoms with van der Waals surface area (Å²) in [6.07, 6.45) is 1.75. The van der Waals surface area contributed by atoms with E-state index in [1.807, 2.05) is 16.8 Å². The number of thiophene rings is 1. The third kappa shape index (κ3) is 2.85. The summed E-state index contributed by atoms with van der Waals surface area (Å²) >= 11 is 1.59. The van der Waals surface area contributed by atoms with Gasteiger partial charge < -0.3 is 10.2 Å². The lowest BCUT2D eigenvalue weighted by Gasteiger charge is -2.10. The Morgan fingerprint density at radius 2 is 2.24 bits per heavy atom. The normalized spacial score (nSPS) is 24.2. The number of carboxylic acid groups (broad SMARTS) is 2. The zero-order valence-corrected chi connectivity index (χ0v) is 10.0. The van der Waals surface area contributed by atoms with Crippen molar-refractivity contribution in [1.82, 2.24) is 0 Å². The Hall–Kier alpha value is -1.36. The van der Waals surface area contributed by atoms with Crippen molar-refractivity contribution in [2.45, 2.75) is 19.3 Å². The highest BCUT2D eigenvalue weighted by Gasteiger charge is 2.50. The second kappa shape index (κ2) is 4.87. The quantitative estimate of drug-likeness (QED) is 0.815. The number of hydrogen-bond acceptors (Lipinski definition) is 3. The van der Waals surface area contributed by atoms with Gasteiger partial charge in [-0.2, -0.15) is 11.3 Å². The lowest BCUT2D eigenvalue weighted by Crippen LogP contribution is -2.19. The van der Waals surface area contributed by atoms with Gasteiger partial charge in [-0.25, -0.2) is 0 Å². The predicted octanol–water partition coefficient (Wildman–Crippen LogP) is 2.10. The number of aryl methyl sites for hydroxylation is 1. The fourth-order valence-electron chi connectivity index (χ4n) is 2.22. The van der Waals surface area contributed by atoms with Crippen LogP contribution in [0.3, 0.4) is 0 Å². The molecule has 1 aliphatic carbocycles. The lowest BCUT2D eigenvalue weighted by atomic mass is 9.95. The van der Waals surface area contributed by atoms with Crippen molar-refractivity contribution in [3.63, 3.8) is 0 Å². The molecule has 1 saturated carbocycles. The molecule has 0 bridgehead atoms. The van der Waals surface area contributed by atoms with Gasteiger partial charge in [0.05, 0.1) is 11.8 Å². The highest BCUT2D eigenvalue weighted by Crippen LogP contribution is 2.46. The molecule has 0 saturated heterocycles. The third-order valence-electron chi connectivity index (χ3n) is 3.32. The molecule has 1 aliphatic rings. The summed E-state index contributed by atoms with van der Waals surface area (Å²) in [6, 6.07) is 1.98. The average molecular weight is 254 g/mol. The van der Waals surface area contributed by atoms with Gasteiger partial charge in [0.25, 0.3) is 0 Å². The van der Waals surface area contributed by atoms with Gasteiger partial charge >= 0.3 is 11.9 Å². The Kier molecular flexibility index (Phi) is 3.47. The minimum atomic E-state index is -0.867. The van der Waals surface area contributed by atoms with Gasteiger partial charge in [0, 0.05) is 0 Å². The van der Waals surface area contributed by atoms with E-state index in [9.17, 15) is 9.59 Å². The third-order valence-corrected chi connectivity index (χ3v) is 4.05. The first-order chi connectivity index (χ1) is 8.09. The Morgan fingerprint density at radius 1 is 1.47 bits per heavy atom. The molecule has 0 spiro atoms. The van der Waals surface area contributed by atoms with Crippen LogP contribution >= 0.6 is 11.3 Å². The smallest absolute Gasteiger partial charge is 0.306 e.